The minimum Gasteiger partial charge on any atom is -0.309 e. The van der Waals surface area contributed by atoms with Gasteiger partial charge in [-0.05, 0) is 25.2 Å². The number of carbonyl (C=O) groups is 1. The molecule has 2 heterocycles. The van der Waals surface area contributed by atoms with Crippen LogP contribution in [0.5, 0.6) is 0 Å². The van der Waals surface area contributed by atoms with Gasteiger partial charge in [0.25, 0.3) is 5.91 Å². The van der Waals surface area contributed by atoms with Crippen molar-refractivity contribution in [1.82, 2.24) is 24.2 Å². The predicted octanol–water partition coefficient (Wildman–Crippen LogP) is 2.27. The van der Waals surface area contributed by atoms with Crippen molar-refractivity contribution in [3.8, 4) is 0 Å². The Morgan fingerprint density at radius 3 is 2.68 bits per heavy atom. The van der Waals surface area contributed by atoms with Gasteiger partial charge in [0.2, 0.25) is 11.6 Å². The van der Waals surface area contributed by atoms with Crippen LogP contribution in [-0.2, 0) is 13.6 Å². The molecule has 0 spiro atoms. The van der Waals surface area contributed by atoms with Gasteiger partial charge in [-0.1, -0.05) is 26.0 Å². The molecule has 1 aromatic carbocycles. The number of likely N-dealkylation sites (N-methyl/N-ethyl adjacent to an activating group) is 1. The van der Waals surface area contributed by atoms with Crippen molar-refractivity contribution in [3.63, 3.8) is 0 Å². The molecule has 0 bridgehead atoms. The van der Waals surface area contributed by atoms with Crippen molar-refractivity contribution >= 4 is 28.6 Å². The summed E-state index contributed by atoms with van der Waals surface area (Å²) in [6, 6.07) is 7.59. The molecule has 0 aliphatic carbocycles. The van der Waals surface area contributed by atoms with Crippen LogP contribution in [0.15, 0.2) is 30.5 Å². The molecule has 148 valence electrons. The maximum Gasteiger partial charge on any atom is 0.320 e. The maximum absolute atomic E-state index is 12.8. The fraction of sp³-hybridized carbons (Fsp3) is 0.389. The normalized spacial score (nSPS) is 11.3. The molecule has 0 saturated heterocycles. The lowest BCUT2D eigenvalue weighted by Crippen LogP contribution is -2.28. The van der Waals surface area contributed by atoms with E-state index in [2.05, 4.69) is 34.1 Å². The summed E-state index contributed by atoms with van der Waals surface area (Å²) in [6.07, 6.45) is 1.07. The number of nitro groups is 1. The number of aromatic nitrogens is 4. The molecule has 0 unspecified atom stereocenters. The lowest BCUT2D eigenvalue weighted by molar-refractivity contribution is -0.385. The van der Waals surface area contributed by atoms with Crippen LogP contribution in [-0.4, -0.2) is 54.7 Å². The van der Waals surface area contributed by atoms with E-state index in [-0.39, 0.29) is 11.4 Å². The summed E-state index contributed by atoms with van der Waals surface area (Å²) in [4.78, 5) is 30.1. The zero-order valence-electron chi connectivity index (χ0n) is 16.1. The van der Waals surface area contributed by atoms with Gasteiger partial charge in [-0.25, -0.2) is 4.98 Å². The summed E-state index contributed by atoms with van der Waals surface area (Å²) in [6.45, 7) is 7.46. The first-order valence-corrected chi connectivity index (χ1v) is 9.11. The molecule has 2 aromatic heterocycles. The molecule has 0 saturated carbocycles. The first kappa shape index (κ1) is 19.5. The monoisotopic (exact) mass is 385 g/mol. The van der Waals surface area contributed by atoms with Gasteiger partial charge in [-0.15, -0.1) is 0 Å². The smallest absolute Gasteiger partial charge is 0.309 e. The Morgan fingerprint density at radius 2 is 2.00 bits per heavy atom. The molecule has 0 aliphatic rings. The molecule has 28 heavy (non-hydrogen) atoms. The van der Waals surface area contributed by atoms with Gasteiger partial charge in [0.05, 0.1) is 16.0 Å². The van der Waals surface area contributed by atoms with Gasteiger partial charge in [-0.3, -0.25) is 24.9 Å². The fourth-order valence-corrected chi connectivity index (χ4v) is 3.16. The van der Waals surface area contributed by atoms with Crippen molar-refractivity contribution in [2.75, 3.05) is 25.0 Å². The van der Waals surface area contributed by atoms with E-state index >= 15 is 0 Å². The highest BCUT2D eigenvalue weighted by Gasteiger charge is 2.27. The molecule has 1 N–H and O–H groups in total. The summed E-state index contributed by atoms with van der Waals surface area (Å²) in [5.74, 6) is -0.264. The van der Waals surface area contributed by atoms with Crippen molar-refractivity contribution in [2.24, 2.45) is 7.05 Å². The summed E-state index contributed by atoms with van der Waals surface area (Å²) in [5, 5.41) is 17.7. The molecule has 0 atom stereocenters. The van der Waals surface area contributed by atoms with E-state index in [9.17, 15) is 14.9 Å². The topological polar surface area (TPSA) is 111 Å². The second kappa shape index (κ2) is 8.17. The third-order valence-corrected chi connectivity index (χ3v) is 4.75. The third-order valence-electron chi connectivity index (χ3n) is 4.75. The average Bonchev–Trinajstić information content (AvgIpc) is 3.23. The lowest BCUT2D eigenvalue weighted by Gasteiger charge is -2.19. The molecule has 0 aliphatic heterocycles. The number of fused-ring (bicyclic) bond motifs is 1. The first-order chi connectivity index (χ1) is 13.5. The summed E-state index contributed by atoms with van der Waals surface area (Å²) in [7, 11) is 1.49. The van der Waals surface area contributed by atoms with Gasteiger partial charge >= 0.3 is 5.69 Å². The Balaban J connectivity index is 1.94. The van der Waals surface area contributed by atoms with Crippen LogP contribution in [0.25, 0.3) is 11.0 Å². The zero-order valence-corrected chi connectivity index (χ0v) is 16.1. The Hall–Kier alpha value is -3.27. The SMILES string of the molecule is CCN(CC)CCn1c(NC(=O)c2c([N+](=O)[O-])cnn2C)nc2ccccc21. The number of benzene rings is 1. The van der Waals surface area contributed by atoms with E-state index in [0.29, 0.717) is 12.5 Å². The van der Waals surface area contributed by atoms with Gasteiger partial charge in [0.15, 0.2) is 0 Å². The van der Waals surface area contributed by atoms with Gasteiger partial charge in [-0.2, -0.15) is 5.10 Å². The second-order valence-corrected chi connectivity index (χ2v) is 6.32. The Morgan fingerprint density at radius 1 is 1.29 bits per heavy atom. The number of amides is 1. The van der Waals surface area contributed by atoms with E-state index in [1.807, 2.05) is 28.8 Å². The number of carbonyl (C=O) groups excluding carboxylic acids is 1. The molecule has 3 aromatic rings. The van der Waals surface area contributed by atoms with E-state index < -0.39 is 10.8 Å². The predicted molar refractivity (Wildman–Crippen MR) is 105 cm³/mol. The second-order valence-electron chi connectivity index (χ2n) is 6.32. The fourth-order valence-electron chi connectivity index (χ4n) is 3.16. The molecule has 10 heteroatoms. The summed E-state index contributed by atoms with van der Waals surface area (Å²) >= 11 is 0. The number of aryl methyl sites for hydroxylation is 1. The number of anilines is 1. The van der Waals surface area contributed by atoms with Crippen LogP contribution < -0.4 is 5.32 Å². The van der Waals surface area contributed by atoms with Crippen LogP contribution in [0, 0.1) is 10.1 Å². The number of hydrogen-bond donors (Lipinski definition) is 1. The van der Waals surface area contributed by atoms with Crippen LogP contribution >= 0.6 is 0 Å². The molecule has 3 rings (SSSR count). The minimum atomic E-state index is -0.620. The third kappa shape index (κ3) is 3.72. The van der Waals surface area contributed by atoms with E-state index in [1.165, 1.54) is 11.7 Å². The summed E-state index contributed by atoms with van der Waals surface area (Å²) < 4.78 is 3.12. The zero-order chi connectivity index (χ0) is 20.3. The first-order valence-electron chi connectivity index (χ1n) is 9.11. The number of rotatable bonds is 8. The van der Waals surface area contributed by atoms with Crippen molar-refractivity contribution in [3.05, 3.63) is 46.3 Å². The molecule has 0 radical (unpaired) electrons. The van der Waals surface area contributed by atoms with E-state index in [0.717, 1.165) is 36.9 Å². The maximum atomic E-state index is 12.8. The van der Waals surface area contributed by atoms with Crippen molar-refractivity contribution in [2.45, 2.75) is 20.4 Å². The Bertz CT molecular complexity index is 1000. The number of imidazole rings is 1. The Kier molecular flexibility index (Phi) is 5.69. The molecule has 1 amide bonds. The molecule has 10 nitrogen and oxygen atoms in total. The number of hydrogen-bond acceptors (Lipinski definition) is 6. The Labute approximate surface area is 161 Å². The number of nitrogens with zero attached hydrogens (tertiary/aromatic N) is 6. The molecule has 0 fully saturated rings. The van der Waals surface area contributed by atoms with Crippen molar-refractivity contribution < 1.29 is 9.72 Å². The minimum absolute atomic E-state index is 0.118. The highest BCUT2D eigenvalue weighted by Crippen LogP contribution is 2.22. The van der Waals surface area contributed by atoms with E-state index in [1.54, 1.807) is 0 Å². The number of nitrogens with one attached hydrogen (secondary N) is 1. The quantitative estimate of drug-likeness (QED) is 0.470. The standard InChI is InChI=1S/C18H23N7O3/c1-4-23(5-2)10-11-24-14-9-7-6-8-13(14)20-18(24)21-17(26)16-15(25(27)28)12-19-22(16)3/h6-9,12H,4-5,10-11H2,1-3H3,(H,20,21,26). The van der Waals surface area contributed by atoms with Gasteiger partial charge < -0.3 is 9.47 Å². The van der Waals surface area contributed by atoms with E-state index in [4.69, 9.17) is 0 Å². The summed E-state index contributed by atoms with van der Waals surface area (Å²) in [5.41, 5.74) is 1.18. The number of para-hydroxylation sites is 2. The largest absolute Gasteiger partial charge is 0.320 e. The molecular weight excluding hydrogens is 362 g/mol. The average molecular weight is 385 g/mol. The van der Waals surface area contributed by atoms with Gasteiger partial charge in [0, 0.05) is 20.1 Å². The molecular formula is C18H23N7O3. The highest BCUT2D eigenvalue weighted by atomic mass is 16.6. The van der Waals surface area contributed by atoms with Gasteiger partial charge in [0.1, 0.15) is 6.20 Å². The van der Waals surface area contributed by atoms with Crippen LogP contribution in [0.3, 0.4) is 0 Å². The van der Waals surface area contributed by atoms with Crippen molar-refractivity contribution in [1.29, 1.82) is 0 Å². The van der Waals surface area contributed by atoms with Crippen LogP contribution in [0.2, 0.25) is 0 Å². The van der Waals surface area contributed by atoms with Crippen LogP contribution in [0.4, 0.5) is 11.6 Å². The highest BCUT2D eigenvalue weighted by molar-refractivity contribution is 6.05. The lowest BCUT2D eigenvalue weighted by atomic mass is 10.3. The van der Waals surface area contributed by atoms with Crippen LogP contribution in [0.1, 0.15) is 24.3 Å².